The number of amides is 1. The van der Waals surface area contributed by atoms with Crippen molar-refractivity contribution >= 4 is 27.5 Å². The fourth-order valence-electron chi connectivity index (χ4n) is 2.99. The number of fused-ring (bicyclic) bond motifs is 1. The lowest BCUT2D eigenvalue weighted by Crippen LogP contribution is -2.40. The molecule has 0 radical (unpaired) electrons. The molecule has 0 atom stereocenters. The van der Waals surface area contributed by atoms with Gasteiger partial charge in [-0.05, 0) is 38.9 Å². The number of carbonyl (C=O) groups excluding carboxylic acids is 1. The van der Waals surface area contributed by atoms with Crippen LogP contribution in [0.4, 0.5) is 0 Å². The van der Waals surface area contributed by atoms with Crippen LogP contribution in [0.25, 0.3) is 10.2 Å². The maximum atomic E-state index is 12.6. The molecule has 2 heterocycles. The van der Waals surface area contributed by atoms with Gasteiger partial charge in [-0.15, -0.1) is 11.3 Å². The zero-order valence-electron chi connectivity index (χ0n) is 16.0. The molecule has 2 aromatic heterocycles. The predicted octanol–water partition coefficient (Wildman–Crippen LogP) is 2.17. The molecule has 1 N–H and O–H groups in total. The lowest BCUT2D eigenvalue weighted by atomic mass is 9.93. The molecule has 1 amide bonds. The lowest BCUT2D eigenvalue weighted by Gasteiger charge is -2.28. The average molecular weight is 365 g/mol. The molecule has 2 rings (SSSR count). The Labute approximate surface area is 152 Å². The zero-order chi connectivity index (χ0) is 18.8. The number of carbonyl (C=O) groups is 1. The van der Waals surface area contributed by atoms with Crippen molar-refractivity contribution in [1.82, 2.24) is 19.8 Å². The summed E-state index contributed by atoms with van der Waals surface area (Å²) >= 11 is 1.53. The highest BCUT2D eigenvalue weighted by Gasteiger charge is 2.20. The highest BCUT2D eigenvalue weighted by atomic mass is 32.1. The first kappa shape index (κ1) is 19.6. The van der Waals surface area contributed by atoms with Crippen LogP contribution in [0.15, 0.2) is 11.1 Å². The Morgan fingerprint density at radius 1 is 1.36 bits per heavy atom. The summed E-state index contributed by atoms with van der Waals surface area (Å²) in [5.41, 5.74) is 0.927. The van der Waals surface area contributed by atoms with Gasteiger partial charge in [0, 0.05) is 30.9 Å². The predicted molar refractivity (Wildman–Crippen MR) is 103 cm³/mol. The van der Waals surface area contributed by atoms with E-state index in [2.05, 4.69) is 29.0 Å². The molecule has 0 bridgehead atoms. The summed E-state index contributed by atoms with van der Waals surface area (Å²) in [6.45, 7) is 10.0. The van der Waals surface area contributed by atoms with Crippen molar-refractivity contribution in [1.29, 1.82) is 0 Å². The van der Waals surface area contributed by atoms with E-state index >= 15 is 0 Å². The molecule has 0 unspecified atom stereocenters. The number of aromatic nitrogens is 2. The van der Waals surface area contributed by atoms with Crippen LogP contribution < -0.4 is 10.9 Å². The standard InChI is InChI=1S/C18H28N4O2S/c1-12-13(2)25-16-15(12)17(24)22(11-20-16)8-7-14(23)19-9-18(3,4)10-21(5)6/h11H,7-10H2,1-6H3,(H,19,23). The van der Waals surface area contributed by atoms with E-state index in [-0.39, 0.29) is 23.3 Å². The van der Waals surface area contributed by atoms with Crippen molar-refractivity contribution in [2.75, 3.05) is 27.2 Å². The number of nitrogens with one attached hydrogen (secondary N) is 1. The smallest absolute Gasteiger partial charge is 0.262 e. The minimum Gasteiger partial charge on any atom is -0.355 e. The molecule has 138 valence electrons. The molecule has 0 saturated heterocycles. The third-order valence-corrected chi connectivity index (χ3v) is 5.36. The van der Waals surface area contributed by atoms with E-state index in [0.717, 1.165) is 21.8 Å². The van der Waals surface area contributed by atoms with Crippen LogP contribution in [0, 0.1) is 19.3 Å². The first-order valence-electron chi connectivity index (χ1n) is 8.47. The highest BCUT2D eigenvalue weighted by molar-refractivity contribution is 7.18. The second-order valence-electron chi connectivity index (χ2n) is 7.64. The van der Waals surface area contributed by atoms with Gasteiger partial charge < -0.3 is 10.2 Å². The summed E-state index contributed by atoms with van der Waals surface area (Å²) in [5, 5.41) is 3.65. The molecule has 0 aromatic carbocycles. The first-order chi connectivity index (χ1) is 11.6. The van der Waals surface area contributed by atoms with E-state index in [9.17, 15) is 9.59 Å². The normalized spacial score (nSPS) is 12.1. The molecular formula is C18H28N4O2S. The highest BCUT2D eigenvalue weighted by Crippen LogP contribution is 2.25. The Morgan fingerprint density at radius 2 is 2.04 bits per heavy atom. The second kappa shape index (κ2) is 7.66. The number of hydrogen-bond acceptors (Lipinski definition) is 5. The van der Waals surface area contributed by atoms with Crippen molar-refractivity contribution in [3.63, 3.8) is 0 Å². The maximum Gasteiger partial charge on any atom is 0.262 e. The van der Waals surface area contributed by atoms with E-state index in [0.29, 0.717) is 18.5 Å². The van der Waals surface area contributed by atoms with E-state index < -0.39 is 0 Å². The van der Waals surface area contributed by atoms with E-state index in [4.69, 9.17) is 0 Å². The Morgan fingerprint density at radius 3 is 2.68 bits per heavy atom. The van der Waals surface area contributed by atoms with Crippen molar-refractivity contribution < 1.29 is 4.79 Å². The number of thiophene rings is 1. The average Bonchev–Trinajstić information content (AvgIpc) is 2.79. The third-order valence-electron chi connectivity index (χ3n) is 4.24. The zero-order valence-corrected chi connectivity index (χ0v) is 16.8. The van der Waals surface area contributed by atoms with Crippen molar-refractivity contribution in [3.8, 4) is 0 Å². The van der Waals surface area contributed by atoms with Crippen LogP contribution >= 0.6 is 11.3 Å². The molecule has 2 aromatic rings. The molecule has 0 fully saturated rings. The molecule has 7 heteroatoms. The Kier molecular flexibility index (Phi) is 6.00. The van der Waals surface area contributed by atoms with Crippen molar-refractivity contribution in [2.45, 2.75) is 40.7 Å². The fourth-order valence-corrected chi connectivity index (χ4v) is 3.98. The van der Waals surface area contributed by atoms with Gasteiger partial charge in [0.25, 0.3) is 5.56 Å². The number of rotatable bonds is 7. The van der Waals surface area contributed by atoms with E-state index in [1.807, 2.05) is 27.9 Å². The Hall–Kier alpha value is -1.73. The molecule has 0 aliphatic heterocycles. The van der Waals surface area contributed by atoms with Crippen LogP contribution in [-0.2, 0) is 11.3 Å². The first-order valence-corrected chi connectivity index (χ1v) is 9.29. The maximum absolute atomic E-state index is 12.6. The van der Waals surface area contributed by atoms with Crippen LogP contribution in [-0.4, -0.2) is 47.5 Å². The molecule has 0 aliphatic rings. The quantitative estimate of drug-likeness (QED) is 0.818. The Bertz CT molecular complexity index is 820. The van der Waals surface area contributed by atoms with Gasteiger partial charge in [-0.2, -0.15) is 0 Å². The summed E-state index contributed by atoms with van der Waals surface area (Å²) in [6.07, 6.45) is 1.82. The minimum atomic E-state index is -0.0624. The number of hydrogen-bond donors (Lipinski definition) is 1. The topological polar surface area (TPSA) is 67.2 Å². The van der Waals surface area contributed by atoms with Crippen LogP contribution in [0.5, 0.6) is 0 Å². The van der Waals surface area contributed by atoms with Crippen LogP contribution in [0.2, 0.25) is 0 Å². The van der Waals surface area contributed by atoms with Gasteiger partial charge in [0.2, 0.25) is 5.91 Å². The summed E-state index contributed by atoms with van der Waals surface area (Å²) in [4.78, 5) is 33.1. The van der Waals surface area contributed by atoms with Gasteiger partial charge in [-0.3, -0.25) is 14.2 Å². The van der Waals surface area contributed by atoms with Gasteiger partial charge in [0.1, 0.15) is 4.83 Å². The molecule has 0 spiro atoms. The molecule has 0 saturated carbocycles. The number of aryl methyl sites for hydroxylation is 3. The molecular weight excluding hydrogens is 336 g/mol. The van der Waals surface area contributed by atoms with Gasteiger partial charge in [0.05, 0.1) is 11.7 Å². The minimum absolute atomic E-state index is 0.00177. The molecule has 0 aliphatic carbocycles. The van der Waals surface area contributed by atoms with E-state index in [1.54, 1.807) is 6.33 Å². The molecule has 25 heavy (non-hydrogen) atoms. The molecule has 6 nitrogen and oxygen atoms in total. The summed E-state index contributed by atoms with van der Waals surface area (Å²) in [6, 6.07) is 0. The summed E-state index contributed by atoms with van der Waals surface area (Å²) < 4.78 is 1.53. The third kappa shape index (κ3) is 4.89. The summed E-state index contributed by atoms with van der Waals surface area (Å²) in [5.74, 6) is -0.0444. The van der Waals surface area contributed by atoms with Crippen LogP contribution in [0.1, 0.15) is 30.7 Å². The van der Waals surface area contributed by atoms with Crippen molar-refractivity contribution in [2.24, 2.45) is 5.41 Å². The van der Waals surface area contributed by atoms with E-state index in [1.165, 1.54) is 15.9 Å². The van der Waals surface area contributed by atoms with Gasteiger partial charge in [-0.1, -0.05) is 13.8 Å². The Balaban J connectivity index is 1.98. The monoisotopic (exact) mass is 364 g/mol. The SMILES string of the molecule is Cc1sc2ncn(CCC(=O)NCC(C)(C)CN(C)C)c(=O)c2c1C. The summed E-state index contributed by atoms with van der Waals surface area (Å²) in [7, 11) is 4.04. The van der Waals surface area contributed by atoms with Crippen molar-refractivity contribution in [3.05, 3.63) is 27.1 Å². The second-order valence-corrected chi connectivity index (χ2v) is 8.84. The lowest BCUT2D eigenvalue weighted by molar-refractivity contribution is -0.121. The van der Waals surface area contributed by atoms with Gasteiger partial charge in [0.15, 0.2) is 0 Å². The van der Waals surface area contributed by atoms with Gasteiger partial charge >= 0.3 is 0 Å². The van der Waals surface area contributed by atoms with Crippen LogP contribution in [0.3, 0.4) is 0 Å². The number of nitrogens with zero attached hydrogens (tertiary/aromatic N) is 3. The largest absolute Gasteiger partial charge is 0.355 e. The fraction of sp³-hybridized carbons (Fsp3) is 0.611. The van der Waals surface area contributed by atoms with Gasteiger partial charge in [-0.25, -0.2) is 4.98 Å².